The van der Waals surface area contributed by atoms with Crippen LogP contribution in [0.5, 0.6) is 0 Å². The zero-order valence-corrected chi connectivity index (χ0v) is 11.8. The molecule has 0 saturated heterocycles. The number of carbonyl (C=O) groups is 1. The second kappa shape index (κ2) is 5.26. The van der Waals surface area contributed by atoms with Gasteiger partial charge in [0.2, 0.25) is 0 Å². The van der Waals surface area contributed by atoms with E-state index in [0.717, 1.165) is 15.0 Å². The van der Waals surface area contributed by atoms with Crippen molar-refractivity contribution < 1.29 is 14.3 Å². The van der Waals surface area contributed by atoms with Crippen LogP contribution in [-0.4, -0.2) is 11.1 Å². The monoisotopic (exact) mass is 304 g/mol. The normalized spacial score (nSPS) is 10.8. The maximum absolute atomic E-state index is 13.3. The molecule has 0 fully saturated rings. The molecule has 0 spiro atoms. The molecule has 20 heavy (non-hydrogen) atoms. The highest BCUT2D eigenvalue weighted by molar-refractivity contribution is 7.99. The van der Waals surface area contributed by atoms with E-state index in [9.17, 15) is 14.3 Å². The lowest BCUT2D eigenvalue weighted by Gasteiger charge is -2.04. The highest BCUT2D eigenvalue weighted by Crippen LogP contribution is 2.38. The summed E-state index contributed by atoms with van der Waals surface area (Å²) in [5.74, 6) is -1.25. The van der Waals surface area contributed by atoms with E-state index in [2.05, 4.69) is 0 Å². The molecule has 0 bridgehead atoms. The van der Waals surface area contributed by atoms with E-state index >= 15 is 0 Å². The molecule has 0 atom stereocenters. The lowest BCUT2D eigenvalue weighted by atomic mass is 10.2. The molecular weight excluding hydrogens is 295 g/mol. The number of halogens is 1. The van der Waals surface area contributed by atoms with Crippen molar-refractivity contribution >= 4 is 39.2 Å². The maximum Gasteiger partial charge on any atom is 0.336 e. The third-order valence-corrected chi connectivity index (χ3v) is 5.08. The van der Waals surface area contributed by atoms with Crippen LogP contribution in [-0.2, 0) is 0 Å². The molecule has 0 aliphatic heterocycles. The summed E-state index contributed by atoms with van der Waals surface area (Å²) in [5.41, 5.74) is 0.258. The zero-order valence-electron chi connectivity index (χ0n) is 10.2. The first kappa shape index (κ1) is 13.1. The first-order valence-corrected chi connectivity index (χ1v) is 7.51. The van der Waals surface area contributed by atoms with Crippen LogP contribution in [0.25, 0.3) is 10.1 Å². The third kappa shape index (κ3) is 2.42. The molecular formula is C15H9FO2S2. The van der Waals surface area contributed by atoms with Crippen molar-refractivity contribution in [1.82, 2.24) is 0 Å². The fraction of sp³-hybridized carbons (Fsp3) is 0. The van der Waals surface area contributed by atoms with Gasteiger partial charge in [-0.25, -0.2) is 9.18 Å². The molecule has 0 aliphatic carbocycles. The first-order chi connectivity index (χ1) is 9.65. The molecule has 0 amide bonds. The van der Waals surface area contributed by atoms with Crippen LogP contribution in [0.3, 0.4) is 0 Å². The summed E-state index contributed by atoms with van der Waals surface area (Å²) in [6, 6.07) is 11.5. The standard InChI is InChI=1S/C15H9FO2S2/c16-9-5-6-12-11(7-9)14(8-19-12)20-13-4-2-1-3-10(13)15(17)18/h1-8H,(H,17,18). The number of benzene rings is 2. The Labute approximate surface area is 122 Å². The smallest absolute Gasteiger partial charge is 0.336 e. The van der Waals surface area contributed by atoms with Gasteiger partial charge in [0.1, 0.15) is 5.82 Å². The van der Waals surface area contributed by atoms with Crippen molar-refractivity contribution in [2.45, 2.75) is 9.79 Å². The number of rotatable bonds is 3. The van der Waals surface area contributed by atoms with E-state index < -0.39 is 5.97 Å². The SMILES string of the molecule is O=C(O)c1ccccc1Sc1csc2ccc(F)cc12. The molecule has 2 aromatic carbocycles. The van der Waals surface area contributed by atoms with Gasteiger partial charge in [-0.05, 0) is 30.3 Å². The summed E-state index contributed by atoms with van der Waals surface area (Å²) in [6.45, 7) is 0. The Hall–Kier alpha value is -1.85. The fourth-order valence-corrected chi connectivity index (χ4v) is 4.04. The summed E-state index contributed by atoms with van der Waals surface area (Å²) in [5, 5.41) is 11.9. The van der Waals surface area contributed by atoms with E-state index in [1.54, 1.807) is 30.3 Å². The number of thiophene rings is 1. The second-order valence-corrected chi connectivity index (χ2v) is 6.14. The summed E-state index contributed by atoms with van der Waals surface area (Å²) < 4.78 is 14.3. The summed E-state index contributed by atoms with van der Waals surface area (Å²) in [4.78, 5) is 12.7. The van der Waals surface area contributed by atoms with Gasteiger partial charge in [0.05, 0.1) is 5.56 Å². The molecule has 3 rings (SSSR count). The molecule has 1 heterocycles. The second-order valence-electron chi connectivity index (χ2n) is 4.14. The van der Waals surface area contributed by atoms with Crippen LogP contribution in [0.1, 0.15) is 10.4 Å². The predicted octanol–water partition coefficient (Wildman–Crippen LogP) is 4.89. The minimum atomic E-state index is -0.959. The van der Waals surface area contributed by atoms with Gasteiger partial charge >= 0.3 is 5.97 Å². The summed E-state index contributed by atoms with van der Waals surface area (Å²) in [7, 11) is 0. The van der Waals surface area contributed by atoms with Crippen LogP contribution >= 0.6 is 23.1 Å². The molecule has 2 nitrogen and oxygen atoms in total. The van der Waals surface area contributed by atoms with Crippen molar-refractivity contribution in [1.29, 1.82) is 0 Å². The Bertz CT molecular complexity index is 795. The van der Waals surface area contributed by atoms with Gasteiger partial charge < -0.3 is 5.11 Å². The number of hydrogen-bond donors (Lipinski definition) is 1. The molecule has 0 aliphatic rings. The summed E-state index contributed by atoms with van der Waals surface area (Å²) >= 11 is 2.87. The van der Waals surface area contributed by atoms with Crippen molar-refractivity contribution in [3.05, 3.63) is 59.2 Å². The quantitative estimate of drug-likeness (QED) is 0.748. The van der Waals surface area contributed by atoms with E-state index in [0.29, 0.717) is 4.90 Å². The van der Waals surface area contributed by atoms with Gasteiger partial charge in [-0.1, -0.05) is 23.9 Å². The highest BCUT2D eigenvalue weighted by atomic mass is 32.2. The van der Waals surface area contributed by atoms with Gasteiger partial charge in [0.25, 0.3) is 0 Å². The maximum atomic E-state index is 13.3. The van der Waals surface area contributed by atoms with E-state index in [4.69, 9.17) is 0 Å². The molecule has 5 heteroatoms. The average Bonchev–Trinajstić information content (AvgIpc) is 2.82. The summed E-state index contributed by atoms with van der Waals surface area (Å²) in [6.07, 6.45) is 0. The molecule has 1 N–H and O–H groups in total. The lowest BCUT2D eigenvalue weighted by Crippen LogP contribution is -1.97. The number of carboxylic acid groups (broad SMARTS) is 1. The lowest BCUT2D eigenvalue weighted by molar-refractivity contribution is 0.0693. The van der Waals surface area contributed by atoms with Gasteiger partial charge in [-0.2, -0.15) is 0 Å². The number of carboxylic acids is 1. The Kier molecular flexibility index (Phi) is 3.46. The molecule has 0 saturated carbocycles. The Morgan fingerprint density at radius 2 is 1.95 bits per heavy atom. The molecule has 0 unspecified atom stereocenters. The van der Waals surface area contributed by atoms with Crippen molar-refractivity contribution in [2.24, 2.45) is 0 Å². The Morgan fingerprint density at radius 1 is 1.15 bits per heavy atom. The van der Waals surface area contributed by atoms with E-state index in [1.807, 2.05) is 5.38 Å². The van der Waals surface area contributed by atoms with Crippen molar-refractivity contribution in [3.63, 3.8) is 0 Å². The minimum absolute atomic E-state index is 0.258. The Morgan fingerprint density at radius 3 is 2.75 bits per heavy atom. The van der Waals surface area contributed by atoms with Crippen LogP contribution < -0.4 is 0 Å². The molecule has 100 valence electrons. The largest absolute Gasteiger partial charge is 0.478 e. The minimum Gasteiger partial charge on any atom is -0.478 e. The number of hydrogen-bond acceptors (Lipinski definition) is 3. The van der Waals surface area contributed by atoms with Crippen LogP contribution in [0.2, 0.25) is 0 Å². The number of aromatic carboxylic acids is 1. The van der Waals surface area contributed by atoms with E-state index in [1.165, 1.54) is 35.2 Å². The molecule has 3 aromatic rings. The van der Waals surface area contributed by atoms with Crippen LogP contribution in [0.15, 0.2) is 57.6 Å². The van der Waals surface area contributed by atoms with Crippen LogP contribution in [0, 0.1) is 5.82 Å². The zero-order chi connectivity index (χ0) is 14.1. The van der Waals surface area contributed by atoms with Crippen LogP contribution in [0.4, 0.5) is 4.39 Å². The third-order valence-electron chi connectivity index (χ3n) is 2.84. The van der Waals surface area contributed by atoms with Gasteiger partial charge in [0, 0.05) is 25.3 Å². The molecule has 0 radical (unpaired) electrons. The van der Waals surface area contributed by atoms with E-state index in [-0.39, 0.29) is 11.4 Å². The molecule has 1 aromatic heterocycles. The van der Waals surface area contributed by atoms with Gasteiger partial charge in [0.15, 0.2) is 0 Å². The average molecular weight is 304 g/mol. The highest BCUT2D eigenvalue weighted by Gasteiger charge is 2.13. The van der Waals surface area contributed by atoms with Gasteiger partial charge in [-0.3, -0.25) is 0 Å². The topological polar surface area (TPSA) is 37.3 Å². The number of fused-ring (bicyclic) bond motifs is 1. The van der Waals surface area contributed by atoms with Crippen molar-refractivity contribution in [2.75, 3.05) is 0 Å². The Balaban J connectivity index is 2.06. The predicted molar refractivity (Wildman–Crippen MR) is 79.3 cm³/mol. The van der Waals surface area contributed by atoms with Gasteiger partial charge in [-0.15, -0.1) is 11.3 Å². The van der Waals surface area contributed by atoms with Crippen molar-refractivity contribution in [3.8, 4) is 0 Å². The first-order valence-electron chi connectivity index (χ1n) is 5.82. The fourth-order valence-electron chi connectivity index (χ4n) is 1.91.